The van der Waals surface area contributed by atoms with Gasteiger partial charge in [-0.25, -0.2) is 14.4 Å². The molecule has 13 nitrogen and oxygen atoms in total. The number of rotatable bonds is 7. The van der Waals surface area contributed by atoms with Crippen molar-refractivity contribution in [3.63, 3.8) is 0 Å². The fourth-order valence-corrected chi connectivity index (χ4v) is 2.85. The first-order valence-corrected chi connectivity index (χ1v) is 12.2. The summed E-state index contributed by atoms with van der Waals surface area (Å²) in [6.07, 6.45) is -10.6. The molecule has 0 unspecified atom stereocenters. The standard InChI is InChI=1S/C17H26N6O.3C2HF3O2/c1-21(2)10-11-24-14-17-20-19-16-5-7-22(8-9-23(16)17)13-15-4-3-6-18-12-15;3*3-2(4,5)1(6)7/h3-4,6,12H,5,7-11,13-14H2,1-2H3;3*(H,6,7). The zero-order chi connectivity index (χ0) is 35.0. The summed E-state index contributed by atoms with van der Waals surface area (Å²) in [5.74, 6) is -6.27. The Morgan fingerprint density at radius 2 is 1.38 bits per heavy atom. The Bertz CT molecular complexity index is 1130. The lowest BCUT2D eigenvalue weighted by atomic mass is 10.2. The molecule has 2 aromatic heterocycles. The van der Waals surface area contributed by atoms with Crippen molar-refractivity contribution in [3.05, 3.63) is 41.7 Å². The number of alkyl halides is 9. The number of carboxylic acid groups (broad SMARTS) is 3. The zero-order valence-corrected chi connectivity index (χ0v) is 23.5. The SMILES string of the molecule is CN(C)CCOCc1nnc2n1CCN(Cc1cccnc1)CC2.O=C(O)C(F)(F)F.O=C(O)C(F)(F)F.O=C(O)C(F)(F)F. The largest absolute Gasteiger partial charge is 0.490 e. The molecule has 0 radical (unpaired) electrons. The number of aromatic nitrogens is 4. The minimum atomic E-state index is -5.08. The van der Waals surface area contributed by atoms with Gasteiger partial charge in [0.1, 0.15) is 12.4 Å². The van der Waals surface area contributed by atoms with Crippen LogP contribution in [0.4, 0.5) is 39.5 Å². The van der Waals surface area contributed by atoms with E-state index in [-0.39, 0.29) is 0 Å². The normalized spacial score (nSPS) is 13.5. The van der Waals surface area contributed by atoms with Gasteiger partial charge in [0.25, 0.3) is 0 Å². The Hall–Kier alpha value is -4.05. The molecular weight excluding hydrogens is 643 g/mol. The van der Waals surface area contributed by atoms with Gasteiger partial charge in [0, 0.05) is 51.5 Å². The van der Waals surface area contributed by atoms with E-state index in [2.05, 4.69) is 35.6 Å². The van der Waals surface area contributed by atoms with Gasteiger partial charge >= 0.3 is 36.4 Å². The third-order valence-electron chi connectivity index (χ3n) is 4.97. The monoisotopic (exact) mass is 672 g/mol. The molecule has 256 valence electrons. The maximum Gasteiger partial charge on any atom is 0.490 e. The van der Waals surface area contributed by atoms with E-state index in [9.17, 15) is 39.5 Å². The molecular formula is C23H29F9N6O7. The molecule has 3 N–H and O–H groups in total. The van der Waals surface area contributed by atoms with Crippen LogP contribution in [0.2, 0.25) is 0 Å². The number of carbonyl (C=O) groups is 3. The minimum Gasteiger partial charge on any atom is -0.475 e. The minimum absolute atomic E-state index is 0.531. The number of nitrogens with zero attached hydrogens (tertiary/aromatic N) is 6. The molecule has 0 bridgehead atoms. The number of carboxylic acids is 3. The summed E-state index contributed by atoms with van der Waals surface area (Å²) in [5.41, 5.74) is 1.25. The quantitative estimate of drug-likeness (QED) is 0.291. The Morgan fingerprint density at radius 1 is 0.867 bits per heavy atom. The van der Waals surface area contributed by atoms with Gasteiger partial charge in [0.2, 0.25) is 0 Å². The number of ether oxygens (including phenoxy) is 1. The average molecular weight is 673 g/mol. The summed E-state index contributed by atoms with van der Waals surface area (Å²) in [5, 5.41) is 30.0. The molecule has 1 aliphatic rings. The van der Waals surface area contributed by atoms with Crippen molar-refractivity contribution in [2.75, 3.05) is 40.3 Å². The van der Waals surface area contributed by atoms with Gasteiger partial charge < -0.3 is 29.5 Å². The Labute approximate surface area is 248 Å². The molecule has 0 spiro atoms. The Balaban J connectivity index is 0.000000753. The predicted octanol–water partition coefficient (Wildman–Crippen LogP) is 2.71. The highest BCUT2D eigenvalue weighted by atomic mass is 19.4. The van der Waals surface area contributed by atoms with E-state index in [1.54, 1.807) is 0 Å². The van der Waals surface area contributed by atoms with E-state index < -0.39 is 36.4 Å². The molecule has 2 aromatic rings. The first-order chi connectivity index (χ1) is 20.6. The molecule has 3 rings (SSSR count). The van der Waals surface area contributed by atoms with Crippen LogP contribution in [0, 0.1) is 0 Å². The Morgan fingerprint density at radius 3 is 1.80 bits per heavy atom. The summed E-state index contributed by atoms with van der Waals surface area (Å²) in [6, 6.07) is 4.12. The van der Waals surface area contributed by atoms with Crippen molar-refractivity contribution in [2.24, 2.45) is 0 Å². The summed E-state index contributed by atoms with van der Waals surface area (Å²) in [4.78, 5) is 35.4. The first-order valence-electron chi connectivity index (χ1n) is 12.2. The van der Waals surface area contributed by atoms with Gasteiger partial charge in [0.05, 0.1) is 6.61 Å². The van der Waals surface area contributed by atoms with Crippen LogP contribution in [0.3, 0.4) is 0 Å². The van der Waals surface area contributed by atoms with Crippen molar-refractivity contribution < 1.29 is 74.0 Å². The molecule has 22 heteroatoms. The van der Waals surface area contributed by atoms with Crippen LogP contribution in [-0.4, -0.2) is 122 Å². The maximum atomic E-state index is 10.6. The van der Waals surface area contributed by atoms with E-state index in [1.165, 1.54) is 5.56 Å². The molecule has 45 heavy (non-hydrogen) atoms. The fraction of sp³-hybridized carbons (Fsp3) is 0.565. The molecule has 0 aromatic carbocycles. The smallest absolute Gasteiger partial charge is 0.475 e. The van der Waals surface area contributed by atoms with E-state index in [0.29, 0.717) is 13.2 Å². The van der Waals surface area contributed by atoms with Gasteiger partial charge in [-0.1, -0.05) is 6.07 Å². The van der Waals surface area contributed by atoms with Crippen LogP contribution >= 0.6 is 0 Å². The van der Waals surface area contributed by atoms with E-state index in [4.69, 9.17) is 34.4 Å². The molecule has 0 fully saturated rings. The van der Waals surface area contributed by atoms with Gasteiger partial charge in [0.15, 0.2) is 5.82 Å². The molecule has 1 aliphatic heterocycles. The highest BCUT2D eigenvalue weighted by Crippen LogP contribution is 2.15. The highest BCUT2D eigenvalue weighted by molar-refractivity contribution is 5.73. The predicted molar refractivity (Wildman–Crippen MR) is 133 cm³/mol. The number of halogens is 9. The molecule has 0 atom stereocenters. The highest BCUT2D eigenvalue weighted by Gasteiger charge is 2.39. The van der Waals surface area contributed by atoms with Crippen LogP contribution in [0.1, 0.15) is 17.2 Å². The lowest BCUT2D eigenvalue weighted by Gasteiger charge is -2.19. The number of hydrogen-bond donors (Lipinski definition) is 3. The van der Waals surface area contributed by atoms with Gasteiger partial charge in [-0.2, -0.15) is 39.5 Å². The van der Waals surface area contributed by atoms with Crippen LogP contribution < -0.4 is 0 Å². The lowest BCUT2D eigenvalue weighted by Crippen LogP contribution is -2.26. The third-order valence-corrected chi connectivity index (χ3v) is 4.97. The van der Waals surface area contributed by atoms with Gasteiger partial charge in [-0.05, 0) is 25.7 Å². The summed E-state index contributed by atoms with van der Waals surface area (Å²) in [7, 11) is 4.09. The van der Waals surface area contributed by atoms with Crippen molar-refractivity contribution in [1.29, 1.82) is 0 Å². The van der Waals surface area contributed by atoms with Crippen molar-refractivity contribution in [3.8, 4) is 0 Å². The topological polar surface area (TPSA) is 171 Å². The van der Waals surface area contributed by atoms with Crippen molar-refractivity contribution in [2.45, 2.75) is 44.6 Å². The van der Waals surface area contributed by atoms with Gasteiger partial charge in [-0.15, -0.1) is 10.2 Å². The Kier molecular flexibility index (Phi) is 17.0. The van der Waals surface area contributed by atoms with Crippen LogP contribution in [-0.2, 0) is 45.2 Å². The fourth-order valence-electron chi connectivity index (χ4n) is 2.85. The summed E-state index contributed by atoms with van der Waals surface area (Å²) < 4.78 is 103. The molecule has 0 aliphatic carbocycles. The zero-order valence-electron chi connectivity index (χ0n) is 23.5. The first kappa shape index (κ1) is 41.0. The second-order valence-corrected chi connectivity index (χ2v) is 8.84. The lowest BCUT2D eigenvalue weighted by molar-refractivity contribution is -0.193. The number of likely N-dealkylation sites (N-methyl/N-ethyl adjacent to an activating group) is 1. The number of hydrogen-bond acceptors (Lipinski definition) is 9. The molecule has 0 saturated carbocycles. The van der Waals surface area contributed by atoms with E-state index in [1.807, 2.05) is 32.6 Å². The van der Waals surface area contributed by atoms with Crippen LogP contribution in [0.5, 0.6) is 0 Å². The van der Waals surface area contributed by atoms with Crippen molar-refractivity contribution >= 4 is 17.9 Å². The van der Waals surface area contributed by atoms with Crippen LogP contribution in [0.15, 0.2) is 24.5 Å². The van der Waals surface area contributed by atoms with E-state index >= 15 is 0 Å². The second kappa shape index (κ2) is 18.7. The number of fused-ring (bicyclic) bond motifs is 1. The summed E-state index contributed by atoms with van der Waals surface area (Å²) in [6.45, 7) is 5.99. The van der Waals surface area contributed by atoms with Crippen LogP contribution in [0.25, 0.3) is 0 Å². The molecule has 0 saturated heterocycles. The number of pyridine rings is 1. The average Bonchev–Trinajstić information content (AvgIpc) is 3.18. The second-order valence-electron chi connectivity index (χ2n) is 8.84. The molecule has 3 heterocycles. The summed E-state index contributed by atoms with van der Waals surface area (Å²) >= 11 is 0. The maximum absolute atomic E-state index is 10.6. The number of aliphatic carboxylic acids is 3. The molecule has 0 amide bonds. The van der Waals surface area contributed by atoms with E-state index in [0.717, 1.165) is 50.8 Å². The third kappa shape index (κ3) is 18.4. The van der Waals surface area contributed by atoms with Crippen molar-refractivity contribution in [1.82, 2.24) is 29.5 Å². The van der Waals surface area contributed by atoms with Gasteiger partial charge in [-0.3, -0.25) is 9.88 Å².